The molecule has 0 aromatic heterocycles. The first kappa shape index (κ1) is 16.3. The Bertz CT molecular complexity index is 372. The third-order valence-corrected chi connectivity index (χ3v) is 5.48. The quantitative estimate of drug-likeness (QED) is 0.763. The van der Waals surface area contributed by atoms with Crippen LogP contribution >= 0.6 is 0 Å². The van der Waals surface area contributed by atoms with Crippen LogP contribution in [0.4, 0.5) is 0 Å². The molecule has 2 fully saturated rings. The third-order valence-electron chi connectivity index (χ3n) is 5.48. The monoisotopic (exact) mass is 296 g/mol. The summed E-state index contributed by atoms with van der Waals surface area (Å²) < 4.78 is 0. The number of carbonyl (C=O) groups is 2. The molecule has 5 nitrogen and oxygen atoms in total. The molecule has 1 aliphatic heterocycles. The fraction of sp³-hybridized carbons (Fsp3) is 0.875. The maximum Gasteiger partial charge on any atom is 0.280 e. The summed E-state index contributed by atoms with van der Waals surface area (Å²) >= 11 is 0. The molecule has 1 heterocycles. The van der Waals surface area contributed by atoms with Crippen molar-refractivity contribution in [3.8, 4) is 0 Å². The molecule has 2 amide bonds. The van der Waals surface area contributed by atoms with Crippen molar-refractivity contribution in [1.82, 2.24) is 4.90 Å². The molecule has 2 aliphatic rings. The predicted molar refractivity (Wildman–Crippen MR) is 81.7 cm³/mol. The first-order valence-corrected chi connectivity index (χ1v) is 8.41. The number of nitrogens with zero attached hydrogens (tertiary/aromatic N) is 1. The van der Waals surface area contributed by atoms with Crippen LogP contribution in [0.25, 0.3) is 0 Å². The second kappa shape index (κ2) is 7.25. The molecule has 0 aromatic carbocycles. The van der Waals surface area contributed by atoms with Crippen LogP contribution in [0.2, 0.25) is 0 Å². The van der Waals surface area contributed by atoms with E-state index >= 15 is 0 Å². The lowest BCUT2D eigenvalue weighted by atomic mass is 9.93. The van der Waals surface area contributed by atoms with Gasteiger partial charge in [-0.2, -0.15) is 0 Å². The smallest absolute Gasteiger partial charge is 0.280 e. The van der Waals surface area contributed by atoms with Crippen molar-refractivity contribution in [2.45, 2.75) is 64.0 Å². The van der Waals surface area contributed by atoms with Gasteiger partial charge in [-0.15, -0.1) is 0 Å². The topological polar surface area (TPSA) is 67.8 Å². The fourth-order valence-electron chi connectivity index (χ4n) is 3.83. The molecule has 0 radical (unpaired) electrons. The molecule has 2 rings (SSSR count). The van der Waals surface area contributed by atoms with Crippen LogP contribution in [0.5, 0.6) is 0 Å². The highest BCUT2D eigenvalue weighted by atomic mass is 16.2. The number of likely N-dealkylation sites (tertiary alicyclic amines) is 1. The van der Waals surface area contributed by atoms with Crippen molar-refractivity contribution < 1.29 is 14.5 Å². The Morgan fingerprint density at radius 1 is 1.10 bits per heavy atom. The van der Waals surface area contributed by atoms with E-state index in [4.69, 9.17) is 5.73 Å². The van der Waals surface area contributed by atoms with Gasteiger partial charge in [-0.05, 0) is 19.8 Å². The predicted octanol–water partition coefficient (Wildman–Crippen LogP) is -0.0538. The molecule has 1 atom stereocenters. The number of hydrogen-bond acceptors (Lipinski definition) is 2. The third kappa shape index (κ3) is 3.96. The summed E-state index contributed by atoms with van der Waals surface area (Å²) in [6.45, 7) is 3.78. The van der Waals surface area contributed by atoms with E-state index in [0.29, 0.717) is 6.04 Å². The molecule has 0 spiro atoms. The van der Waals surface area contributed by atoms with Crippen molar-refractivity contribution in [2.24, 2.45) is 11.7 Å². The van der Waals surface area contributed by atoms with E-state index < -0.39 is 0 Å². The summed E-state index contributed by atoms with van der Waals surface area (Å²) in [6, 6.07) is 0.419. The average Bonchev–Trinajstić information content (AvgIpc) is 2.53. The second-order valence-electron chi connectivity index (χ2n) is 6.80. The molecule has 21 heavy (non-hydrogen) atoms. The van der Waals surface area contributed by atoms with Gasteiger partial charge in [0.05, 0.1) is 13.1 Å². The van der Waals surface area contributed by atoms with Gasteiger partial charge in [0, 0.05) is 31.8 Å². The Morgan fingerprint density at radius 3 is 2.19 bits per heavy atom. The average molecular weight is 296 g/mol. The molecule has 1 saturated heterocycles. The summed E-state index contributed by atoms with van der Waals surface area (Å²) in [5.41, 5.74) is 5.37. The number of nitrogens with two attached hydrogens (primary N) is 1. The van der Waals surface area contributed by atoms with Crippen molar-refractivity contribution >= 4 is 11.8 Å². The molecule has 0 bridgehead atoms. The summed E-state index contributed by atoms with van der Waals surface area (Å²) in [4.78, 5) is 27.2. The van der Waals surface area contributed by atoms with Crippen molar-refractivity contribution in [2.75, 3.05) is 20.1 Å². The van der Waals surface area contributed by atoms with Gasteiger partial charge < -0.3 is 15.5 Å². The first-order chi connectivity index (χ1) is 10.0. The summed E-state index contributed by atoms with van der Waals surface area (Å²) in [5.74, 6) is 0.0777. The molecule has 0 unspecified atom stereocenters. The van der Waals surface area contributed by atoms with Crippen molar-refractivity contribution in [1.29, 1.82) is 0 Å². The van der Waals surface area contributed by atoms with Gasteiger partial charge in [0.25, 0.3) is 5.91 Å². The van der Waals surface area contributed by atoms with Crippen molar-refractivity contribution in [3.63, 3.8) is 0 Å². The van der Waals surface area contributed by atoms with Crippen LogP contribution in [0.3, 0.4) is 0 Å². The Hall–Kier alpha value is -1.10. The number of carbonyl (C=O) groups excluding carboxylic acids is 2. The summed E-state index contributed by atoms with van der Waals surface area (Å²) in [7, 11) is 1.96. The lowest BCUT2D eigenvalue weighted by Crippen LogP contribution is -3.17. The number of hydrogen-bond donors (Lipinski definition) is 2. The molecule has 3 N–H and O–H groups in total. The second-order valence-corrected chi connectivity index (χ2v) is 6.80. The van der Waals surface area contributed by atoms with Gasteiger partial charge in [0.2, 0.25) is 5.91 Å². The number of rotatable bonds is 4. The number of likely N-dealkylation sites (N-methyl/N-ethyl adjacent to an activating group) is 1. The van der Waals surface area contributed by atoms with Gasteiger partial charge >= 0.3 is 0 Å². The van der Waals surface area contributed by atoms with E-state index in [0.717, 1.165) is 38.8 Å². The largest absolute Gasteiger partial charge is 0.369 e. The van der Waals surface area contributed by atoms with Gasteiger partial charge in [-0.1, -0.05) is 19.3 Å². The van der Waals surface area contributed by atoms with E-state index in [-0.39, 0.29) is 23.8 Å². The maximum atomic E-state index is 12.7. The minimum Gasteiger partial charge on any atom is -0.369 e. The Balaban J connectivity index is 1.86. The standard InChI is InChI=1S/C16H29N3O2/c1-12(19-10-8-13(9-11-19)15(17)20)16(21)18(2)14-6-4-3-5-7-14/h12-14H,3-11H2,1-2H3,(H2,17,20)/p+1/t12-/m0/s1. The van der Waals surface area contributed by atoms with E-state index in [2.05, 4.69) is 0 Å². The van der Waals surface area contributed by atoms with Crippen molar-refractivity contribution in [3.05, 3.63) is 0 Å². The first-order valence-electron chi connectivity index (χ1n) is 8.41. The van der Waals surface area contributed by atoms with Crippen LogP contribution in [0, 0.1) is 5.92 Å². The Kier molecular flexibility index (Phi) is 5.62. The van der Waals surface area contributed by atoms with Crippen LogP contribution in [-0.4, -0.2) is 48.9 Å². The molecule has 120 valence electrons. The highest BCUT2D eigenvalue weighted by Crippen LogP contribution is 2.22. The molecule has 1 aliphatic carbocycles. The molecule has 5 heteroatoms. The molecule has 1 saturated carbocycles. The number of quaternary nitrogens is 1. The van der Waals surface area contributed by atoms with Crippen LogP contribution < -0.4 is 10.6 Å². The summed E-state index contributed by atoms with van der Waals surface area (Å²) in [6.07, 6.45) is 7.72. The van der Waals surface area contributed by atoms with Gasteiger partial charge in [0.15, 0.2) is 6.04 Å². The zero-order valence-electron chi connectivity index (χ0n) is 13.4. The Labute approximate surface area is 127 Å². The van der Waals surface area contributed by atoms with Gasteiger partial charge in [-0.25, -0.2) is 0 Å². The van der Waals surface area contributed by atoms with Gasteiger partial charge in [0.1, 0.15) is 0 Å². The maximum absolute atomic E-state index is 12.7. The van der Waals surface area contributed by atoms with E-state index in [1.807, 2.05) is 18.9 Å². The normalized spacial score (nSPS) is 28.9. The van der Waals surface area contributed by atoms with Crippen LogP contribution in [0.1, 0.15) is 51.9 Å². The molecular weight excluding hydrogens is 266 g/mol. The van der Waals surface area contributed by atoms with E-state index in [9.17, 15) is 9.59 Å². The number of piperidine rings is 1. The Morgan fingerprint density at radius 2 is 1.67 bits per heavy atom. The zero-order chi connectivity index (χ0) is 15.4. The molecule has 0 aromatic rings. The number of primary amides is 1. The lowest BCUT2D eigenvalue weighted by Gasteiger charge is -2.36. The number of amides is 2. The van der Waals surface area contributed by atoms with Gasteiger partial charge in [-0.3, -0.25) is 9.59 Å². The van der Waals surface area contributed by atoms with Crippen LogP contribution in [-0.2, 0) is 9.59 Å². The molecular formula is C16H30N3O2+. The van der Waals surface area contributed by atoms with E-state index in [1.54, 1.807) is 0 Å². The summed E-state index contributed by atoms with van der Waals surface area (Å²) in [5, 5.41) is 0. The SMILES string of the molecule is C[C@@H](C(=O)N(C)C1CCCCC1)[NH+]1CCC(C(N)=O)CC1. The fourth-order valence-corrected chi connectivity index (χ4v) is 3.83. The highest BCUT2D eigenvalue weighted by Gasteiger charge is 2.35. The number of nitrogens with one attached hydrogen (secondary N) is 1. The zero-order valence-corrected chi connectivity index (χ0v) is 13.4. The van der Waals surface area contributed by atoms with E-state index in [1.165, 1.54) is 24.2 Å². The minimum absolute atomic E-state index is 0.00660. The lowest BCUT2D eigenvalue weighted by molar-refractivity contribution is -0.920. The highest BCUT2D eigenvalue weighted by molar-refractivity contribution is 5.80. The van der Waals surface area contributed by atoms with Crippen LogP contribution in [0.15, 0.2) is 0 Å². The minimum atomic E-state index is -0.188.